The van der Waals surface area contributed by atoms with Crippen LogP contribution in [0.1, 0.15) is 50.6 Å². The SMILES string of the molecule is CCn1nccc1/C=C/c1nnc(C[C@@H]2CC[C@H](NC(C)=O)C2)o1. The van der Waals surface area contributed by atoms with Crippen molar-refractivity contribution in [2.24, 2.45) is 5.92 Å². The van der Waals surface area contributed by atoms with Crippen molar-refractivity contribution in [2.75, 3.05) is 0 Å². The van der Waals surface area contributed by atoms with Crippen molar-refractivity contribution in [1.29, 1.82) is 0 Å². The zero-order chi connectivity index (χ0) is 16.9. The molecule has 24 heavy (non-hydrogen) atoms. The van der Waals surface area contributed by atoms with Crippen LogP contribution in [0.4, 0.5) is 0 Å². The molecule has 7 heteroatoms. The third-order valence-electron chi connectivity index (χ3n) is 4.34. The second-order valence-electron chi connectivity index (χ2n) is 6.22. The second kappa shape index (κ2) is 7.42. The lowest BCUT2D eigenvalue weighted by molar-refractivity contribution is -0.119. The molecule has 0 aliphatic heterocycles. The third kappa shape index (κ3) is 4.10. The largest absolute Gasteiger partial charge is 0.421 e. The molecule has 0 radical (unpaired) electrons. The predicted octanol–water partition coefficient (Wildman–Crippen LogP) is 2.30. The van der Waals surface area contributed by atoms with Crippen molar-refractivity contribution in [3.63, 3.8) is 0 Å². The molecule has 1 amide bonds. The smallest absolute Gasteiger partial charge is 0.240 e. The first-order chi connectivity index (χ1) is 11.6. The molecule has 0 bridgehead atoms. The molecular formula is C17H23N5O2. The van der Waals surface area contributed by atoms with Gasteiger partial charge in [0, 0.05) is 38.2 Å². The van der Waals surface area contributed by atoms with Crippen molar-refractivity contribution in [3.8, 4) is 0 Å². The summed E-state index contributed by atoms with van der Waals surface area (Å²) in [6, 6.07) is 2.22. The summed E-state index contributed by atoms with van der Waals surface area (Å²) >= 11 is 0. The highest BCUT2D eigenvalue weighted by atomic mass is 16.4. The topological polar surface area (TPSA) is 85.8 Å². The minimum Gasteiger partial charge on any atom is -0.421 e. The number of carbonyl (C=O) groups excluding carboxylic acids is 1. The fourth-order valence-electron chi connectivity index (χ4n) is 3.25. The maximum absolute atomic E-state index is 11.1. The van der Waals surface area contributed by atoms with Crippen molar-refractivity contribution in [3.05, 3.63) is 29.7 Å². The molecule has 2 heterocycles. The van der Waals surface area contributed by atoms with E-state index in [0.29, 0.717) is 17.7 Å². The molecular weight excluding hydrogens is 306 g/mol. The summed E-state index contributed by atoms with van der Waals surface area (Å²) < 4.78 is 7.60. The third-order valence-corrected chi connectivity index (χ3v) is 4.34. The quantitative estimate of drug-likeness (QED) is 0.879. The Hall–Kier alpha value is -2.44. The van der Waals surface area contributed by atoms with E-state index in [1.54, 1.807) is 13.1 Å². The molecule has 7 nitrogen and oxygen atoms in total. The number of aromatic nitrogens is 4. The number of nitrogens with zero attached hydrogens (tertiary/aromatic N) is 4. The molecule has 1 fully saturated rings. The van der Waals surface area contributed by atoms with E-state index in [2.05, 4.69) is 20.6 Å². The number of nitrogens with one attached hydrogen (secondary N) is 1. The Morgan fingerprint density at radius 1 is 1.42 bits per heavy atom. The van der Waals surface area contributed by atoms with Gasteiger partial charge in [0.1, 0.15) is 0 Å². The molecule has 2 aromatic rings. The van der Waals surface area contributed by atoms with E-state index in [-0.39, 0.29) is 11.9 Å². The highest BCUT2D eigenvalue weighted by molar-refractivity contribution is 5.73. The lowest BCUT2D eigenvalue weighted by atomic mass is 10.0. The molecule has 0 spiro atoms. The molecule has 1 N–H and O–H groups in total. The van der Waals surface area contributed by atoms with Crippen LogP contribution in [0.15, 0.2) is 16.7 Å². The van der Waals surface area contributed by atoms with Crippen LogP contribution < -0.4 is 5.32 Å². The number of hydrogen-bond acceptors (Lipinski definition) is 5. The fraction of sp³-hybridized carbons (Fsp3) is 0.529. The van der Waals surface area contributed by atoms with E-state index >= 15 is 0 Å². The zero-order valence-corrected chi connectivity index (χ0v) is 14.1. The van der Waals surface area contributed by atoms with Gasteiger partial charge in [0.15, 0.2) is 0 Å². The van der Waals surface area contributed by atoms with Crippen LogP contribution in [0.2, 0.25) is 0 Å². The van der Waals surface area contributed by atoms with E-state index in [0.717, 1.165) is 37.9 Å². The van der Waals surface area contributed by atoms with E-state index in [1.807, 2.05) is 29.8 Å². The van der Waals surface area contributed by atoms with Crippen molar-refractivity contribution in [1.82, 2.24) is 25.3 Å². The Bertz CT molecular complexity index is 718. The average Bonchev–Trinajstić information content (AvgIpc) is 3.26. The van der Waals surface area contributed by atoms with Gasteiger partial charge in [-0.1, -0.05) is 0 Å². The number of hydrogen-bond donors (Lipinski definition) is 1. The maximum atomic E-state index is 11.1. The van der Waals surface area contributed by atoms with Crippen LogP contribution in [-0.2, 0) is 17.8 Å². The second-order valence-corrected chi connectivity index (χ2v) is 6.22. The number of rotatable bonds is 6. The van der Waals surface area contributed by atoms with Crippen LogP contribution >= 0.6 is 0 Å². The van der Waals surface area contributed by atoms with Gasteiger partial charge in [0.2, 0.25) is 17.7 Å². The van der Waals surface area contributed by atoms with Gasteiger partial charge in [0.05, 0.1) is 5.69 Å². The summed E-state index contributed by atoms with van der Waals surface area (Å²) in [5.74, 6) is 1.69. The maximum Gasteiger partial charge on any atom is 0.240 e. The summed E-state index contributed by atoms with van der Waals surface area (Å²) in [5.41, 5.74) is 1.01. The van der Waals surface area contributed by atoms with Gasteiger partial charge in [-0.3, -0.25) is 9.48 Å². The minimum absolute atomic E-state index is 0.0391. The lowest BCUT2D eigenvalue weighted by Gasteiger charge is -2.10. The first kappa shape index (κ1) is 16.4. The molecule has 1 saturated carbocycles. The molecule has 1 aliphatic rings. The number of aryl methyl sites for hydroxylation is 1. The molecule has 128 valence electrons. The fourth-order valence-corrected chi connectivity index (χ4v) is 3.25. The summed E-state index contributed by atoms with van der Waals surface area (Å²) in [6.45, 7) is 4.43. The van der Waals surface area contributed by atoms with Crippen LogP contribution in [0, 0.1) is 5.92 Å². The normalized spacial score (nSPS) is 20.8. The molecule has 3 rings (SSSR count). The number of amides is 1. The van der Waals surface area contributed by atoms with Crippen LogP contribution in [0.5, 0.6) is 0 Å². The van der Waals surface area contributed by atoms with Gasteiger partial charge in [-0.25, -0.2) is 0 Å². The zero-order valence-electron chi connectivity index (χ0n) is 14.1. The first-order valence-electron chi connectivity index (χ1n) is 8.43. The van der Waals surface area contributed by atoms with Crippen molar-refractivity contribution in [2.45, 2.75) is 52.1 Å². The summed E-state index contributed by atoms with van der Waals surface area (Å²) in [6.07, 6.45) is 9.35. The van der Waals surface area contributed by atoms with Gasteiger partial charge in [0.25, 0.3) is 0 Å². The average molecular weight is 329 g/mol. The van der Waals surface area contributed by atoms with E-state index in [9.17, 15) is 4.79 Å². The van der Waals surface area contributed by atoms with Crippen LogP contribution in [0.3, 0.4) is 0 Å². The summed E-state index contributed by atoms with van der Waals surface area (Å²) in [4.78, 5) is 11.1. The Labute approximate surface area is 141 Å². The van der Waals surface area contributed by atoms with Crippen molar-refractivity contribution < 1.29 is 9.21 Å². The van der Waals surface area contributed by atoms with Gasteiger partial charge in [-0.05, 0) is 44.2 Å². The Balaban J connectivity index is 1.55. The monoisotopic (exact) mass is 329 g/mol. The molecule has 0 aromatic carbocycles. The van der Waals surface area contributed by atoms with Gasteiger partial charge < -0.3 is 9.73 Å². The van der Waals surface area contributed by atoms with Gasteiger partial charge >= 0.3 is 0 Å². The Kier molecular flexibility index (Phi) is 5.08. The summed E-state index contributed by atoms with van der Waals surface area (Å²) in [7, 11) is 0. The van der Waals surface area contributed by atoms with E-state index < -0.39 is 0 Å². The predicted molar refractivity (Wildman–Crippen MR) is 89.8 cm³/mol. The first-order valence-corrected chi connectivity index (χ1v) is 8.43. The molecule has 1 aliphatic carbocycles. The van der Waals surface area contributed by atoms with Gasteiger partial charge in [-0.2, -0.15) is 5.10 Å². The van der Waals surface area contributed by atoms with E-state index in [4.69, 9.17) is 4.42 Å². The highest BCUT2D eigenvalue weighted by Crippen LogP contribution is 2.28. The molecule has 2 atom stereocenters. The highest BCUT2D eigenvalue weighted by Gasteiger charge is 2.26. The molecule has 0 saturated heterocycles. The molecule has 0 unspecified atom stereocenters. The van der Waals surface area contributed by atoms with Crippen molar-refractivity contribution >= 4 is 18.1 Å². The molecule has 2 aromatic heterocycles. The standard InChI is InChI=1S/C17H23N5O2/c1-3-22-15(8-9-18-22)6-7-16-20-21-17(24-16)11-13-4-5-14(10-13)19-12(2)23/h6-9,13-14H,3-5,10-11H2,1-2H3,(H,19,23)/b7-6+/t13-,14+/m1/s1. The number of carbonyl (C=O) groups is 1. The van der Waals surface area contributed by atoms with Crippen LogP contribution in [-0.4, -0.2) is 31.9 Å². The van der Waals surface area contributed by atoms with E-state index in [1.165, 1.54) is 0 Å². The Morgan fingerprint density at radius 3 is 3.08 bits per heavy atom. The lowest BCUT2D eigenvalue weighted by Crippen LogP contribution is -2.30. The Morgan fingerprint density at radius 2 is 2.29 bits per heavy atom. The van der Waals surface area contributed by atoms with Gasteiger partial charge in [-0.15, -0.1) is 10.2 Å². The summed E-state index contributed by atoms with van der Waals surface area (Å²) in [5, 5.41) is 15.4. The van der Waals surface area contributed by atoms with Crippen LogP contribution in [0.25, 0.3) is 12.2 Å². The minimum atomic E-state index is 0.0391.